The monoisotopic (exact) mass is 399 g/mol. The van der Waals surface area contributed by atoms with Gasteiger partial charge in [-0.05, 0) is 36.8 Å². The number of hydrogen-bond acceptors (Lipinski definition) is 5. The summed E-state index contributed by atoms with van der Waals surface area (Å²) in [6.45, 7) is 4.17. The van der Waals surface area contributed by atoms with Gasteiger partial charge in [0.2, 0.25) is 0 Å². The minimum absolute atomic E-state index is 0. The van der Waals surface area contributed by atoms with Gasteiger partial charge >= 0.3 is 0 Å². The summed E-state index contributed by atoms with van der Waals surface area (Å²) in [5.74, 6) is -0.280. The summed E-state index contributed by atoms with van der Waals surface area (Å²) >= 11 is 0. The molecule has 7 nitrogen and oxygen atoms in total. The van der Waals surface area contributed by atoms with Crippen molar-refractivity contribution in [3.8, 4) is 5.69 Å². The second-order valence-electron chi connectivity index (χ2n) is 6.40. The topological polar surface area (TPSA) is 81.1 Å². The van der Waals surface area contributed by atoms with Gasteiger partial charge in [0.1, 0.15) is 0 Å². The molecule has 1 atom stereocenters. The number of carbonyl (C=O) groups is 1. The smallest absolute Gasteiger partial charge is 0.278 e. The number of ether oxygens (including phenoxy) is 1. The highest BCUT2D eigenvalue weighted by Gasteiger charge is 2.18. The zero-order valence-corrected chi connectivity index (χ0v) is 16.3. The van der Waals surface area contributed by atoms with Crippen molar-refractivity contribution in [1.82, 2.24) is 20.3 Å². The molecule has 2 aromatic carbocycles. The van der Waals surface area contributed by atoms with Gasteiger partial charge in [-0.15, -0.1) is 17.5 Å². The lowest BCUT2D eigenvalue weighted by atomic mass is 10.1. The van der Waals surface area contributed by atoms with Crippen molar-refractivity contribution in [2.24, 2.45) is 0 Å². The van der Waals surface area contributed by atoms with E-state index in [-0.39, 0.29) is 24.4 Å². The Morgan fingerprint density at radius 3 is 2.57 bits per heavy atom. The molecular formula is C20H22ClN5O2. The minimum atomic E-state index is -0.280. The summed E-state index contributed by atoms with van der Waals surface area (Å²) in [6.07, 6.45) is 0.0523. The van der Waals surface area contributed by atoms with Gasteiger partial charge in [-0.2, -0.15) is 9.90 Å². The fourth-order valence-electron chi connectivity index (χ4n) is 3.02. The average molecular weight is 400 g/mol. The van der Waals surface area contributed by atoms with E-state index in [1.165, 1.54) is 4.80 Å². The molecule has 2 heterocycles. The molecule has 146 valence electrons. The zero-order valence-electron chi connectivity index (χ0n) is 15.5. The first-order valence-electron chi connectivity index (χ1n) is 8.94. The van der Waals surface area contributed by atoms with E-state index in [4.69, 9.17) is 4.74 Å². The fraction of sp³-hybridized carbons (Fsp3) is 0.250. The number of hydrogen-bond donors (Lipinski definition) is 2. The van der Waals surface area contributed by atoms with Gasteiger partial charge in [0.05, 0.1) is 24.1 Å². The molecule has 2 N–H and O–H groups in total. The van der Waals surface area contributed by atoms with Crippen LogP contribution in [0.4, 0.5) is 5.69 Å². The summed E-state index contributed by atoms with van der Waals surface area (Å²) in [6, 6.07) is 17.2. The van der Waals surface area contributed by atoms with E-state index >= 15 is 0 Å². The van der Waals surface area contributed by atoms with Gasteiger partial charge < -0.3 is 15.4 Å². The first-order chi connectivity index (χ1) is 13.2. The van der Waals surface area contributed by atoms with Crippen LogP contribution in [-0.4, -0.2) is 40.6 Å². The maximum atomic E-state index is 12.6. The van der Waals surface area contributed by atoms with Crippen LogP contribution in [0, 0.1) is 6.92 Å². The Hall–Kier alpha value is -2.74. The van der Waals surface area contributed by atoms with Crippen LogP contribution in [0.1, 0.15) is 27.8 Å². The molecule has 1 aromatic heterocycles. The Kier molecular flexibility index (Phi) is 6.41. The number of aryl methyl sites for hydroxylation is 1. The molecule has 0 radical (unpaired) electrons. The van der Waals surface area contributed by atoms with Crippen molar-refractivity contribution < 1.29 is 9.53 Å². The normalized spacial score (nSPS) is 16.2. The van der Waals surface area contributed by atoms with Gasteiger partial charge in [-0.25, -0.2) is 0 Å². The molecule has 4 rings (SSSR count). The number of aromatic nitrogens is 3. The van der Waals surface area contributed by atoms with Crippen molar-refractivity contribution in [1.29, 1.82) is 0 Å². The molecule has 1 amide bonds. The molecule has 28 heavy (non-hydrogen) atoms. The van der Waals surface area contributed by atoms with Crippen LogP contribution in [-0.2, 0) is 4.74 Å². The van der Waals surface area contributed by atoms with Gasteiger partial charge in [-0.1, -0.05) is 30.3 Å². The molecule has 3 aromatic rings. The molecule has 0 aliphatic carbocycles. The predicted molar refractivity (Wildman–Crippen MR) is 109 cm³/mol. The van der Waals surface area contributed by atoms with E-state index in [1.807, 2.05) is 54.6 Å². The van der Waals surface area contributed by atoms with Crippen molar-refractivity contribution in [3.63, 3.8) is 0 Å². The Labute approximate surface area is 169 Å². The SMILES string of the molecule is Cc1nn(-c2ccccc2)nc1C(=O)Nc1ccc([C@H]2CNCCO2)cc1.Cl. The van der Waals surface area contributed by atoms with Crippen LogP contribution in [0.2, 0.25) is 0 Å². The second kappa shape index (κ2) is 8.97. The zero-order chi connectivity index (χ0) is 18.6. The fourth-order valence-corrected chi connectivity index (χ4v) is 3.02. The summed E-state index contributed by atoms with van der Waals surface area (Å²) < 4.78 is 5.74. The molecule has 1 fully saturated rings. The number of nitrogens with one attached hydrogen (secondary N) is 2. The van der Waals surface area contributed by atoms with Gasteiger partial charge in [0.25, 0.3) is 5.91 Å². The second-order valence-corrected chi connectivity index (χ2v) is 6.40. The highest BCUT2D eigenvalue weighted by molar-refractivity contribution is 6.03. The third-order valence-electron chi connectivity index (χ3n) is 4.45. The average Bonchev–Trinajstić information content (AvgIpc) is 3.12. The maximum Gasteiger partial charge on any atom is 0.278 e. The molecule has 1 aliphatic heterocycles. The van der Waals surface area contributed by atoms with Crippen LogP contribution >= 0.6 is 12.4 Å². The van der Waals surface area contributed by atoms with Crippen LogP contribution in [0.25, 0.3) is 5.69 Å². The molecule has 1 saturated heterocycles. The van der Waals surface area contributed by atoms with Crippen LogP contribution < -0.4 is 10.6 Å². The molecule has 0 unspecified atom stereocenters. The van der Waals surface area contributed by atoms with Crippen LogP contribution in [0.5, 0.6) is 0 Å². The Morgan fingerprint density at radius 1 is 1.14 bits per heavy atom. The van der Waals surface area contributed by atoms with Crippen molar-refractivity contribution in [2.75, 3.05) is 25.0 Å². The van der Waals surface area contributed by atoms with E-state index in [0.29, 0.717) is 23.7 Å². The first-order valence-corrected chi connectivity index (χ1v) is 8.94. The predicted octanol–water partition coefficient (Wildman–Crippen LogP) is 2.91. The molecule has 0 bridgehead atoms. The minimum Gasteiger partial charge on any atom is -0.371 e. The summed E-state index contributed by atoms with van der Waals surface area (Å²) in [5.41, 5.74) is 3.50. The third kappa shape index (κ3) is 4.39. The highest BCUT2D eigenvalue weighted by atomic mass is 35.5. The Balaban J connectivity index is 0.00000225. The quantitative estimate of drug-likeness (QED) is 0.705. The number of nitrogens with zero attached hydrogens (tertiary/aromatic N) is 3. The summed E-state index contributed by atoms with van der Waals surface area (Å²) in [7, 11) is 0. The lowest BCUT2D eigenvalue weighted by molar-refractivity contribution is 0.0277. The largest absolute Gasteiger partial charge is 0.371 e. The Morgan fingerprint density at radius 2 is 1.89 bits per heavy atom. The number of benzene rings is 2. The van der Waals surface area contributed by atoms with E-state index < -0.39 is 0 Å². The van der Waals surface area contributed by atoms with Gasteiger partial charge in [0.15, 0.2) is 5.69 Å². The standard InChI is InChI=1S/C20H21N5O2.ClH/c1-14-19(24-25(23-14)17-5-3-2-4-6-17)20(26)22-16-9-7-15(8-10-16)18-13-21-11-12-27-18;/h2-10,18,21H,11-13H2,1H3,(H,22,26);1H/t18-;/m1./s1. The number of carbonyl (C=O) groups excluding carboxylic acids is 1. The van der Waals surface area contributed by atoms with Crippen molar-refractivity contribution in [2.45, 2.75) is 13.0 Å². The van der Waals surface area contributed by atoms with E-state index in [1.54, 1.807) is 6.92 Å². The highest BCUT2D eigenvalue weighted by Crippen LogP contribution is 2.21. The first kappa shape index (κ1) is 20.0. The lowest BCUT2D eigenvalue weighted by Crippen LogP contribution is -2.33. The number of rotatable bonds is 4. The van der Waals surface area contributed by atoms with Crippen LogP contribution in [0.15, 0.2) is 54.6 Å². The number of anilines is 1. The number of amides is 1. The molecular weight excluding hydrogens is 378 g/mol. The molecule has 1 aliphatic rings. The lowest BCUT2D eigenvalue weighted by Gasteiger charge is -2.24. The maximum absolute atomic E-state index is 12.6. The third-order valence-corrected chi connectivity index (χ3v) is 4.45. The molecule has 0 saturated carbocycles. The van der Waals surface area contributed by atoms with E-state index in [0.717, 1.165) is 24.3 Å². The van der Waals surface area contributed by atoms with Gasteiger partial charge in [0, 0.05) is 18.8 Å². The van der Waals surface area contributed by atoms with Crippen LogP contribution in [0.3, 0.4) is 0 Å². The Bertz CT molecular complexity index is 922. The summed E-state index contributed by atoms with van der Waals surface area (Å²) in [5, 5.41) is 14.9. The van der Waals surface area contributed by atoms with E-state index in [2.05, 4.69) is 20.8 Å². The number of halogens is 1. The number of morpholine rings is 1. The summed E-state index contributed by atoms with van der Waals surface area (Å²) in [4.78, 5) is 14.1. The van der Waals surface area contributed by atoms with Crippen molar-refractivity contribution >= 4 is 24.0 Å². The van der Waals surface area contributed by atoms with E-state index in [9.17, 15) is 4.79 Å². The van der Waals surface area contributed by atoms with Gasteiger partial charge in [-0.3, -0.25) is 4.79 Å². The molecule has 0 spiro atoms. The molecule has 8 heteroatoms. The number of para-hydroxylation sites is 1. The van der Waals surface area contributed by atoms with Crippen molar-refractivity contribution in [3.05, 3.63) is 71.5 Å².